The first-order chi connectivity index (χ1) is 13.6. The molecule has 1 saturated carbocycles. The minimum absolute atomic E-state index is 0.0933. The highest BCUT2D eigenvalue weighted by molar-refractivity contribution is 5.40. The summed E-state index contributed by atoms with van der Waals surface area (Å²) >= 11 is 0. The van der Waals surface area contributed by atoms with Crippen LogP contribution in [0.4, 0.5) is 8.78 Å². The van der Waals surface area contributed by atoms with Gasteiger partial charge in [-0.05, 0) is 66.3 Å². The smallest absolute Gasteiger partial charge is 0.293 e. The Labute approximate surface area is 165 Å². The Kier molecular flexibility index (Phi) is 7.18. The second-order valence-corrected chi connectivity index (χ2v) is 7.83. The molecule has 28 heavy (non-hydrogen) atoms. The van der Waals surface area contributed by atoms with Crippen LogP contribution in [0.2, 0.25) is 0 Å². The monoisotopic (exact) mass is 386 g/mol. The van der Waals surface area contributed by atoms with Gasteiger partial charge in [-0.3, -0.25) is 4.79 Å². The lowest BCUT2D eigenvalue weighted by molar-refractivity contribution is -0.128. The Morgan fingerprint density at radius 3 is 2.29 bits per heavy atom. The highest BCUT2D eigenvalue weighted by Crippen LogP contribution is 2.38. The molecule has 2 nitrogen and oxygen atoms in total. The molecule has 150 valence electrons. The van der Waals surface area contributed by atoms with Crippen molar-refractivity contribution in [2.24, 2.45) is 5.92 Å². The van der Waals surface area contributed by atoms with Crippen molar-refractivity contribution in [3.8, 4) is 0 Å². The van der Waals surface area contributed by atoms with E-state index in [2.05, 4.69) is 19.1 Å². The molecule has 1 aliphatic carbocycles. The molecule has 2 aromatic carbocycles. The second kappa shape index (κ2) is 9.81. The van der Waals surface area contributed by atoms with Crippen molar-refractivity contribution in [3.63, 3.8) is 0 Å². The van der Waals surface area contributed by atoms with Gasteiger partial charge in [0.1, 0.15) is 6.61 Å². The van der Waals surface area contributed by atoms with Crippen molar-refractivity contribution in [2.45, 2.75) is 57.3 Å². The third-order valence-electron chi connectivity index (χ3n) is 6.03. The van der Waals surface area contributed by atoms with E-state index in [-0.39, 0.29) is 12.5 Å². The van der Waals surface area contributed by atoms with Gasteiger partial charge < -0.3 is 4.74 Å². The number of hydrogen-bond acceptors (Lipinski definition) is 2. The number of ether oxygens (including phenoxy) is 1. The zero-order chi connectivity index (χ0) is 19.9. The van der Waals surface area contributed by atoms with Crippen LogP contribution in [-0.2, 0) is 9.53 Å². The first-order valence-corrected chi connectivity index (χ1v) is 10.2. The predicted octanol–water partition coefficient (Wildman–Crippen LogP) is 6.34. The van der Waals surface area contributed by atoms with Crippen molar-refractivity contribution in [2.75, 3.05) is 6.61 Å². The largest absolute Gasteiger partial charge is 0.467 e. The first-order valence-electron chi connectivity index (χ1n) is 10.2. The van der Waals surface area contributed by atoms with Crippen LogP contribution in [0.3, 0.4) is 0 Å². The fraction of sp³-hybridized carbons (Fsp3) is 0.458. The molecule has 0 heterocycles. The summed E-state index contributed by atoms with van der Waals surface area (Å²) in [4.78, 5) is 10.7. The summed E-state index contributed by atoms with van der Waals surface area (Å²) in [7, 11) is 0. The zero-order valence-electron chi connectivity index (χ0n) is 16.4. The summed E-state index contributed by atoms with van der Waals surface area (Å²) in [5.74, 6) is -0.634. The summed E-state index contributed by atoms with van der Waals surface area (Å²) < 4.78 is 31.9. The molecular formula is C24H28F2O2. The van der Waals surface area contributed by atoms with E-state index in [1.807, 2.05) is 12.1 Å². The third-order valence-corrected chi connectivity index (χ3v) is 6.03. The highest BCUT2D eigenvalue weighted by atomic mass is 19.2. The second-order valence-electron chi connectivity index (χ2n) is 7.83. The van der Waals surface area contributed by atoms with Crippen LogP contribution < -0.4 is 0 Å². The van der Waals surface area contributed by atoms with Crippen LogP contribution in [0.25, 0.3) is 0 Å². The number of halogens is 2. The van der Waals surface area contributed by atoms with Gasteiger partial charge >= 0.3 is 0 Å². The van der Waals surface area contributed by atoms with Gasteiger partial charge in [0.05, 0.1) is 0 Å². The van der Waals surface area contributed by atoms with Crippen molar-refractivity contribution >= 4 is 6.47 Å². The van der Waals surface area contributed by atoms with Crippen LogP contribution in [0.1, 0.15) is 74.0 Å². The molecule has 4 heteroatoms. The molecular weight excluding hydrogens is 358 g/mol. The fourth-order valence-electron chi connectivity index (χ4n) is 4.44. The van der Waals surface area contributed by atoms with Crippen molar-refractivity contribution in [3.05, 3.63) is 70.8 Å². The highest BCUT2D eigenvalue weighted by Gasteiger charge is 2.23. The van der Waals surface area contributed by atoms with E-state index in [1.54, 1.807) is 6.07 Å². The van der Waals surface area contributed by atoms with E-state index in [1.165, 1.54) is 50.2 Å². The topological polar surface area (TPSA) is 26.3 Å². The number of hydrogen-bond donors (Lipinski definition) is 0. The summed E-state index contributed by atoms with van der Waals surface area (Å²) in [5.41, 5.74) is 2.85. The molecule has 0 aliphatic heterocycles. The molecule has 1 atom stereocenters. The Bertz CT molecular complexity index is 765. The van der Waals surface area contributed by atoms with Gasteiger partial charge in [-0.25, -0.2) is 8.78 Å². The maximum absolute atomic E-state index is 13.7. The van der Waals surface area contributed by atoms with E-state index in [0.29, 0.717) is 18.0 Å². The van der Waals surface area contributed by atoms with Crippen LogP contribution in [0.15, 0.2) is 42.5 Å². The van der Waals surface area contributed by atoms with Crippen LogP contribution in [0.5, 0.6) is 0 Å². The SMILES string of the molecule is CCCC1CCC(c2ccc(C(COC=O)c3ccc(F)c(F)c3)cc2)CC1. The Hall–Kier alpha value is -2.23. The van der Waals surface area contributed by atoms with Crippen molar-refractivity contribution < 1.29 is 18.3 Å². The van der Waals surface area contributed by atoms with Gasteiger partial charge in [0.25, 0.3) is 6.47 Å². The van der Waals surface area contributed by atoms with Crippen molar-refractivity contribution in [1.29, 1.82) is 0 Å². The third kappa shape index (κ3) is 4.98. The van der Waals surface area contributed by atoms with Crippen LogP contribution in [0, 0.1) is 17.6 Å². The van der Waals surface area contributed by atoms with E-state index in [9.17, 15) is 13.6 Å². The zero-order valence-corrected chi connectivity index (χ0v) is 16.4. The van der Waals surface area contributed by atoms with E-state index >= 15 is 0 Å². The average Bonchev–Trinajstić information content (AvgIpc) is 2.72. The number of carbonyl (C=O) groups is 1. The molecule has 2 aromatic rings. The van der Waals surface area contributed by atoms with Crippen molar-refractivity contribution in [1.82, 2.24) is 0 Å². The molecule has 1 aliphatic rings. The lowest BCUT2D eigenvalue weighted by Crippen LogP contribution is -2.14. The Morgan fingerprint density at radius 2 is 1.68 bits per heavy atom. The van der Waals surface area contributed by atoms with E-state index < -0.39 is 11.6 Å². The average molecular weight is 386 g/mol. The molecule has 0 saturated heterocycles. The number of rotatable bonds is 8. The molecule has 1 unspecified atom stereocenters. The maximum Gasteiger partial charge on any atom is 0.293 e. The number of benzene rings is 2. The quantitative estimate of drug-likeness (QED) is 0.495. The molecule has 0 bridgehead atoms. The summed E-state index contributed by atoms with van der Waals surface area (Å²) in [5, 5.41) is 0. The molecule has 3 rings (SSSR count). The fourth-order valence-corrected chi connectivity index (χ4v) is 4.44. The first kappa shape index (κ1) is 20.5. The summed E-state index contributed by atoms with van der Waals surface area (Å²) in [6.45, 7) is 2.73. The molecule has 0 aromatic heterocycles. The van der Waals surface area contributed by atoms with Gasteiger partial charge in [0.2, 0.25) is 0 Å². The van der Waals surface area contributed by atoms with Crippen LogP contribution in [-0.4, -0.2) is 13.1 Å². The molecule has 0 N–H and O–H groups in total. The van der Waals surface area contributed by atoms with E-state index in [4.69, 9.17) is 4.74 Å². The molecule has 0 radical (unpaired) electrons. The van der Waals surface area contributed by atoms with Gasteiger partial charge in [-0.2, -0.15) is 0 Å². The van der Waals surface area contributed by atoms with Gasteiger partial charge in [-0.15, -0.1) is 0 Å². The lowest BCUT2D eigenvalue weighted by atomic mass is 9.77. The van der Waals surface area contributed by atoms with Gasteiger partial charge in [0, 0.05) is 5.92 Å². The summed E-state index contributed by atoms with van der Waals surface area (Å²) in [6, 6.07) is 12.1. The molecule has 1 fully saturated rings. The standard InChI is InChI=1S/C24H28F2O2/c1-2-3-17-4-6-18(7-5-17)19-8-10-20(11-9-19)22(15-28-16-27)21-12-13-23(25)24(26)14-21/h8-14,16-18,22H,2-7,15H2,1H3. The summed E-state index contributed by atoms with van der Waals surface area (Å²) in [6.07, 6.45) is 7.64. The van der Waals surface area contributed by atoms with E-state index in [0.717, 1.165) is 17.5 Å². The molecule has 0 spiro atoms. The van der Waals surface area contributed by atoms with Gasteiger partial charge in [0.15, 0.2) is 11.6 Å². The maximum atomic E-state index is 13.7. The van der Waals surface area contributed by atoms with Crippen LogP contribution >= 0.6 is 0 Å². The number of carbonyl (C=O) groups excluding carboxylic acids is 1. The minimum atomic E-state index is -0.894. The minimum Gasteiger partial charge on any atom is -0.467 e. The Balaban J connectivity index is 1.75. The van der Waals surface area contributed by atoms with Gasteiger partial charge in [-0.1, -0.05) is 50.1 Å². The molecule has 0 amide bonds. The predicted molar refractivity (Wildman–Crippen MR) is 106 cm³/mol. The normalized spacial score (nSPS) is 20.5. The Morgan fingerprint density at radius 1 is 1.00 bits per heavy atom. The lowest BCUT2D eigenvalue weighted by Gasteiger charge is -2.29.